The maximum absolute atomic E-state index is 13.2. The Morgan fingerprint density at radius 2 is 2.29 bits per heavy atom. The molecule has 1 aromatic carbocycles. The molecule has 0 spiro atoms. The summed E-state index contributed by atoms with van der Waals surface area (Å²) < 4.78 is 13.2. The fourth-order valence-corrected chi connectivity index (χ4v) is 1.53. The van der Waals surface area contributed by atoms with Crippen LogP contribution in [0.4, 0.5) is 10.1 Å². The number of nitrogen functional groups attached to an aromatic ring is 1. The zero-order valence-corrected chi connectivity index (χ0v) is 9.74. The lowest BCUT2D eigenvalue weighted by Crippen LogP contribution is -2.32. The molecule has 1 aromatic rings. The molecule has 0 fully saturated rings. The van der Waals surface area contributed by atoms with Gasteiger partial charge in [0, 0.05) is 6.54 Å². The van der Waals surface area contributed by atoms with Crippen LogP contribution in [-0.2, 0) is 0 Å². The van der Waals surface area contributed by atoms with E-state index in [4.69, 9.17) is 12.2 Å². The van der Waals surface area contributed by atoms with Crippen molar-refractivity contribution in [1.29, 1.82) is 0 Å². The van der Waals surface area contributed by atoms with Gasteiger partial charge in [-0.05, 0) is 18.6 Å². The standard InChI is InChI=1S/C13H15FN2O/c1-3-8-16(9-4-2)13(17)10-6-5-7-11(14)12(10)15/h1,5-7H,4,8-9,15H2,2H3. The fourth-order valence-electron chi connectivity index (χ4n) is 1.53. The summed E-state index contributed by atoms with van der Waals surface area (Å²) in [5.41, 5.74) is 5.57. The summed E-state index contributed by atoms with van der Waals surface area (Å²) in [6, 6.07) is 4.18. The van der Waals surface area contributed by atoms with Gasteiger partial charge in [0.25, 0.3) is 5.91 Å². The lowest BCUT2D eigenvalue weighted by molar-refractivity contribution is 0.0777. The first kappa shape index (κ1) is 13.0. The minimum Gasteiger partial charge on any atom is -0.396 e. The van der Waals surface area contributed by atoms with Crippen LogP contribution in [0.1, 0.15) is 23.7 Å². The molecular formula is C13H15FN2O. The van der Waals surface area contributed by atoms with Gasteiger partial charge in [0.15, 0.2) is 0 Å². The minimum absolute atomic E-state index is 0.129. The number of nitrogens with two attached hydrogens (primary N) is 1. The highest BCUT2D eigenvalue weighted by Gasteiger charge is 2.18. The molecule has 90 valence electrons. The summed E-state index contributed by atoms with van der Waals surface area (Å²) in [5.74, 6) is 1.49. The number of carbonyl (C=O) groups excluding carboxylic acids is 1. The molecule has 0 aliphatic rings. The molecule has 17 heavy (non-hydrogen) atoms. The average molecular weight is 234 g/mol. The minimum atomic E-state index is -0.590. The smallest absolute Gasteiger partial charge is 0.256 e. The molecule has 1 rings (SSSR count). The second-order valence-electron chi connectivity index (χ2n) is 3.63. The number of hydrogen-bond donors (Lipinski definition) is 1. The number of nitrogens with zero attached hydrogens (tertiary/aromatic N) is 1. The van der Waals surface area contributed by atoms with Crippen LogP contribution in [-0.4, -0.2) is 23.9 Å². The molecule has 0 saturated heterocycles. The van der Waals surface area contributed by atoms with Gasteiger partial charge in [-0.15, -0.1) is 6.42 Å². The third-order valence-corrected chi connectivity index (χ3v) is 2.35. The van der Waals surface area contributed by atoms with E-state index in [1.807, 2.05) is 6.92 Å². The highest BCUT2D eigenvalue weighted by Crippen LogP contribution is 2.17. The van der Waals surface area contributed by atoms with E-state index in [2.05, 4.69) is 5.92 Å². The summed E-state index contributed by atoms with van der Waals surface area (Å²) >= 11 is 0. The van der Waals surface area contributed by atoms with Crippen LogP contribution < -0.4 is 5.73 Å². The van der Waals surface area contributed by atoms with Crippen LogP contribution in [0.25, 0.3) is 0 Å². The average Bonchev–Trinajstić information content (AvgIpc) is 2.31. The predicted octanol–water partition coefficient (Wildman–Crippen LogP) is 1.89. The van der Waals surface area contributed by atoms with Gasteiger partial charge in [-0.3, -0.25) is 4.79 Å². The topological polar surface area (TPSA) is 46.3 Å². The van der Waals surface area contributed by atoms with Crippen molar-refractivity contribution in [2.75, 3.05) is 18.8 Å². The Balaban J connectivity index is 3.01. The summed E-state index contributed by atoms with van der Waals surface area (Å²) in [6.45, 7) is 2.66. The van der Waals surface area contributed by atoms with E-state index in [9.17, 15) is 9.18 Å². The molecule has 0 aliphatic heterocycles. The van der Waals surface area contributed by atoms with Crippen molar-refractivity contribution in [2.45, 2.75) is 13.3 Å². The van der Waals surface area contributed by atoms with Crippen molar-refractivity contribution in [3.63, 3.8) is 0 Å². The van der Waals surface area contributed by atoms with Crippen molar-refractivity contribution < 1.29 is 9.18 Å². The Hall–Kier alpha value is -2.02. The van der Waals surface area contributed by atoms with E-state index in [0.29, 0.717) is 6.54 Å². The Morgan fingerprint density at radius 1 is 1.59 bits per heavy atom. The molecule has 0 atom stereocenters. The first-order valence-electron chi connectivity index (χ1n) is 5.38. The van der Waals surface area contributed by atoms with Gasteiger partial charge in [-0.1, -0.05) is 18.9 Å². The summed E-state index contributed by atoms with van der Waals surface area (Å²) in [4.78, 5) is 13.6. The van der Waals surface area contributed by atoms with E-state index in [0.717, 1.165) is 6.42 Å². The molecule has 0 bridgehead atoms. The first-order chi connectivity index (χ1) is 8.11. The second-order valence-corrected chi connectivity index (χ2v) is 3.63. The number of amides is 1. The van der Waals surface area contributed by atoms with Gasteiger partial charge in [-0.25, -0.2) is 4.39 Å². The molecule has 1 amide bonds. The maximum Gasteiger partial charge on any atom is 0.256 e. The third kappa shape index (κ3) is 2.97. The zero-order chi connectivity index (χ0) is 12.8. The quantitative estimate of drug-likeness (QED) is 0.638. The highest BCUT2D eigenvalue weighted by molar-refractivity contribution is 5.99. The number of carbonyl (C=O) groups is 1. The van der Waals surface area contributed by atoms with Crippen LogP contribution in [0.5, 0.6) is 0 Å². The van der Waals surface area contributed by atoms with E-state index in [-0.39, 0.29) is 23.7 Å². The van der Waals surface area contributed by atoms with Gasteiger partial charge in [-0.2, -0.15) is 0 Å². The second kappa shape index (κ2) is 5.90. The van der Waals surface area contributed by atoms with Crippen LogP contribution in [0.3, 0.4) is 0 Å². The van der Waals surface area contributed by atoms with Crippen LogP contribution in [0.2, 0.25) is 0 Å². The summed E-state index contributed by atoms with van der Waals surface area (Å²) in [7, 11) is 0. The highest BCUT2D eigenvalue weighted by atomic mass is 19.1. The summed E-state index contributed by atoms with van der Waals surface area (Å²) in [5, 5.41) is 0. The van der Waals surface area contributed by atoms with Crippen LogP contribution >= 0.6 is 0 Å². The number of para-hydroxylation sites is 1. The predicted molar refractivity (Wildman–Crippen MR) is 65.8 cm³/mol. The monoisotopic (exact) mass is 234 g/mol. The van der Waals surface area contributed by atoms with Gasteiger partial charge in [0.2, 0.25) is 0 Å². The fraction of sp³-hybridized carbons (Fsp3) is 0.308. The van der Waals surface area contributed by atoms with Crippen molar-refractivity contribution >= 4 is 11.6 Å². The lowest BCUT2D eigenvalue weighted by atomic mass is 10.1. The number of benzene rings is 1. The number of halogens is 1. The van der Waals surface area contributed by atoms with Crippen molar-refractivity contribution in [3.8, 4) is 12.3 Å². The van der Waals surface area contributed by atoms with E-state index in [1.165, 1.54) is 23.1 Å². The largest absolute Gasteiger partial charge is 0.396 e. The molecule has 3 nitrogen and oxygen atoms in total. The third-order valence-electron chi connectivity index (χ3n) is 2.35. The molecule has 4 heteroatoms. The van der Waals surface area contributed by atoms with E-state index < -0.39 is 5.82 Å². The molecule has 0 saturated carbocycles. The van der Waals surface area contributed by atoms with E-state index >= 15 is 0 Å². The molecule has 0 heterocycles. The normalized spacial score (nSPS) is 9.71. The molecular weight excluding hydrogens is 219 g/mol. The first-order valence-corrected chi connectivity index (χ1v) is 5.38. The number of rotatable bonds is 4. The maximum atomic E-state index is 13.2. The molecule has 0 radical (unpaired) electrons. The van der Waals surface area contributed by atoms with Gasteiger partial charge < -0.3 is 10.6 Å². The number of hydrogen-bond acceptors (Lipinski definition) is 2. The van der Waals surface area contributed by atoms with Crippen molar-refractivity contribution in [3.05, 3.63) is 29.6 Å². The molecule has 0 aromatic heterocycles. The molecule has 2 N–H and O–H groups in total. The Bertz CT molecular complexity index is 451. The Labute approximate surface area is 100 Å². The SMILES string of the molecule is C#CCN(CCC)C(=O)c1cccc(F)c1N. The van der Waals surface area contributed by atoms with Crippen LogP contribution in [0.15, 0.2) is 18.2 Å². The number of terminal acetylenes is 1. The number of anilines is 1. The zero-order valence-electron chi connectivity index (χ0n) is 9.74. The summed E-state index contributed by atoms with van der Waals surface area (Å²) in [6.07, 6.45) is 5.97. The van der Waals surface area contributed by atoms with Crippen molar-refractivity contribution in [2.24, 2.45) is 0 Å². The molecule has 0 aliphatic carbocycles. The van der Waals surface area contributed by atoms with Gasteiger partial charge in [0.05, 0.1) is 17.8 Å². The Kier molecular flexibility index (Phi) is 4.53. The van der Waals surface area contributed by atoms with Gasteiger partial charge in [0.1, 0.15) is 5.82 Å². The van der Waals surface area contributed by atoms with Gasteiger partial charge >= 0.3 is 0 Å². The molecule has 0 unspecified atom stereocenters. The Morgan fingerprint density at radius 3 is 2.88 bits per heavy atom. The lowest BCUT2D eigenvalue weighted by Gasteiger charge is -2.20. The van der Waals surface area contributed by atoms with Crippen molar-refractivity contribution in [1.82, 2.24) is 4.90 Å². The van der Waals surface area contributed by atoms with Crippen LogP contribution in [0, 0.1) is 18.2 Å². The van der Waals surface area contributed by atoms with E-state index in [1.54, 1.807) is 0 Å².